The summed E-state index contributed by atoms with van der Waals surface area (Å²) in [5.41, 5.74) is 1.23. The molecule has 0 aromatic heterocycles. The summed E-state index contributed by atoms with van der Waals surface area (Å²) in [4.78, 5) is -0.211. The van der Waals surface area contributed by atoms with Gasteiger partial charge in [-0.1, -0.05) is 18.2 Å². The third-order valence-corrected chi connectivity index (χ3v) is 3.09. The summed E-state index contributed by atoms with van der Waals surface area (Å²) >= 11 is 0. The van der Waals surface area contributed by atoms with Crippen molar-refractivity contribution >= 4 is 10.1 Å². The molecule has 2 N–H and O–H groups in total. The van der Waals surface area contributed by atoms with Gasteiger partial charge in [0.25, 0.3) is 10.1 Å². The van der Waals surface area contributed by atoms with E-state index < -0.39 is 16.2 Å². The average Bonchev–Trinajstić information content (AvgIpc) is 2.16. The lowest BCUT2D eigenvalue weighted by molar-refractivity contribution is 0.227. The van der Waals surface area contributed by atoms with Crippen LogP contribution in [-0.4, -0.2) is 18.1 Å². The second-order valence-corrected chi connectivity index (χ2v) is 4.89. The fourth-order valence-electron chi connectivity index (χ4n) is 1.38. The van der Waals surface area contributed by atoms with Crippen molar-refractivity contribution in [2.75, 3.05) is 0 Å². The average molecular weight is 242 g/mol. The fourth-order valence-corrected chi connectivity index (χ4v) is 1.90. The van der Waals surface area contributed by atoms with Crippen LogP contribution in [0.4, 0.5) is 0 Å². The molecule has 0 aliphatic heterocycles. The number of hydrogen-bond acceptors (Lipinski definition) is 3. The molecule has 16 heavy (non-hydrogen) atoms. The van der Waals surface area contributed by atoms with Crippen molar-refractivity contribution in [3.05, 3.63) is 41.5 Å². The van der Waals surface area contributed by atoms with Gasteiger partial charge in [0.2, 0.25) is 0 Å². The lowest BCUT2D eigenvalue weighted by Gasteiger charge is -2.10. The third kappa shape index (κ3) is 2.91. The summed E-state index contributed by atoms with van der Waals surface area (Å²) in [7, 11) is -4.23. The number of hydrogen-bond donors (Lipinski definition) is 2. The standard InChI is InChI=1S/C11H14O4S/c1-3-4-11(12)10-7-9(16(13,14)15)6-5-8(10)2/h3-7,11-12H,1-2H3,(H,13,14,15). The van der Waals surface area contributed by atoms with Gasteiger partial charge in [-0.15, -0.1) is 0 Å². The molecule has 0 spiro atoms. The molecule has 0 aliphatic carbocycles. The normalized spacial score (nSPS) is 14.2. The monoisotopic (exact) mass is 242 g/mol. The summed E-state index contributed by atoms with van der Waals surface area (Å²) in [5, 5.41) is 9.73. The number of aliphatic hydroxyl groups excluding tert-OH is 1. The summed E-state index contributed by atoms with van der Waals surface area (Å²) in [6, 6.07) is 4.12. The Morgan fingerprint density at radius 2 is 2.00 bits per heavy atom. The smallest absolute Gasteiger partial charge is 0.294 e. The second-order valence-electron chi connectivity index (χ2n) is 3.46. The van der Waals surface area contributed by atoms with Crippen LogP contribution in [0.15, 0.2) is 35.2 Å². The summed E-state index contributed by atoms with van der Waals surface area (Å²) in [5.74, 6) is 0. The molecule has 0 saturated heterocycles. The van der Waals surface area contributed by atoms with Gasteiger partial charge < -0.3 is 5.11 Å². The van der Waals surface area contributed by atoms with Crippen molar-refractivity contribution < 1.29 is 18.1 Å². The Balaban J connectivity index is 3.29. The molecule has 0 aliphatic rings. The zero-order valence-electron chi connectivity index (χ0n) is 9.08. The summed E-state index contributed by atoms with van der Waals surface area (Å²) in [6.45, 7) is 3.51. The van der Waals surface area contributed by atoms with Gasteiger partial charge in [0, 0.05) is 0 Å². The highest BCUT2D eigenvalue weighted by Gasteiger charge is 2.14. The van der Waals surface area contributed by atoms with E-state index in [2.05, 4.69) is 0 Å². The minimum absolute atomic E-state index is 0.211. The van der Waals surface area contributed by atoms with Gasteiger partial charge in [-0.05, 0) is 37.1 Å². The predicted molar refractivity (Wildman–Crippen MR) is 60.8 cm³/mol. The molecule has 1 unspecified atom stereocenters. The number of allylic oxidation sites excluding steroid dienone is 1. The molecule has 1 aromatic carbocycles. The molecule has 0 amide bonds. The fraction of sp³-hybridized carbons (Fsp3) is 0.273. The van der Waals surface area contributed by atoms with Gasteiger partial charge in [-0.3, -0.25) is 4.55 Å². The maximum Gasteiger partial charge on any atom is 0.294 e. The van der Waals surface area contributed by atoms with Crippen LogP contribution >= 0.6 is 0 Å². The Morgan fingerprint density at radius 3 is 2.50 bits per heavy atom. The van der Waals surface area contributed by atoms with E-state index in [0.29, 0.717) is 5.56 Å². The van der Waals surface area contributed by atoms with Crippen molar-refractivity contribution in [2.24, 2.45) is 0 Å². The Hall–Kier alpha value is -1.17. The lowest BCUT2D eigenvalue weighted by atomic mass is 10.0. The first-order chi connectivity index (χ1) is 7.36. The van der Waals surface area contributed by atoms with E-state index in [0.717, 1.165) is 5.56 Å². The van der Waals surface area contributed by atoms with Gasteiger partial charge >= 0.3 is 0 Å². The molecule has 1 aromatic rings. The van der Waals surface area contributed by atoms with E-state index in [1.165, 1.54) is 18.2 Å². The predicted octanol–water partition coefficient (Wildman–Crippen LogP) is 1.85. The molecule has 0 radical (unpaired) electrons. The highest BCUT2D eigenvalue weighted by Crippen LogP contribution is 2.22. The maximum atomic E-state index is 10.9. The number of aryl methyl sites for hydroxylation is 1. The number of rotatable bonds is 3. The van der Waals surface area contributed by atoms with Crippen LogP contribution in [-0.2, 0) is 10.1 Å². The minimum atomic E-state index is -4.23. The third-order valence-electron chi connectivity index (χ3n) is 2.24. The first-order valence-electron chi connectivity index (χ1n) is 4.75. The van der Waals surface area contributed by atoms with Gasteiger partial charge in [-0.25, -0.2) is 0 Å². The van der Waals surface area contributed by atoms with E-state index in [9.17, 15) is 13.5 Å². The van der Waals surface area contributed by atoms with Crippen LogP contribution in [0.25, 0.3) is 0 Å². The Labute approximate surface area is 95.0 Å². The Bertz CT molecular complexity index is 503. The Kier molecular flexibility index (Phi) is 3.85. The molecule has 5 heteroatoms. The summed E-state index contributed by atoms with van der Waals surface area (Å²) in [6.07, 6.45) is 2.34. The van der Waals surface area contributed by atoms with E-state index in [4.69, 9.17) is 4.55 Å². The Morgan fingerprint density at radius 1 is 1.38 bits per heavy atom. The minimum Gasteiger partial charge on any atom is -0.384 e. The van der Waals surface area contributed by atoms with E-state index in [-0.39, 0.29) is 4.90 Å². The first-order valence-corrected chi connectivity index (χ1v) is 6.19. The van der Waals surface area contributed by atoms with Crippen LogP contribution in [0.2, 0.25) is 0 Å². The van der Waals surface area contributed by atoms with Crippen molar-refractivity contribution in [1.82, 2.24) is 0 Å². The molecule has 0 fully saturated rings. The largest absolute Gasteiger partial charge is 0.384 e. The van der Waals surface area contributed by atoms with E-state index >= 15 is 0 Å². The van der Waals surface area contributed by atoms with Gasteiger partial charge in [0.1, 0.15) is 0 Å². The highest BCUT2D eigenvalue weighted by atomic mass is 32.2. The molecule has 0 heterocycles. The topological polar surface area (TPSA) is 74.6 Å². The van der Waals surface area contributed by atoms with Gasteiger partial charge in [0.15, 0.2) is 0 Å². The van der Waals surface area contributed by atoms with Crippen LogP contribution in [0, 0.1) is 6.92 Å². The van der Waals surface area contributed by atoms with Crippen LogP contribution in [0.3, 0.4) is 0 Å². The van der Waals surface area contributed by atoms with Crippen LogP contribution in [0.5, 0.6) is 0 Å². The maximum absolute atomic E-state index is 10.9. The van der Waals surface area contributed by atoms with Crippen molar-refractivity contribution in [2.45, 2.75) is 24.8 Å². The molecular formula is C11H14O4S. The molecule has 1 rings (SSSR count). The highest BCUT2D eigenvalue weighted by molar-refractivity contribution is 7.85. The molecule has 0 saturated carbocycles. The number of aliphatic hydroxyl groups is 1. The molecule has 1 atom stereocenters. The summed E-state index contributed by atoms with van der Waals surface area (Å²) < 4.78 is 30.8. The zero-order chi connectivity index (χ0) is 12.3. The molecule has 88 valence electrons. The zero-order valence-corrected chi connectivity index (χ0v) is 9.90. The molecule has 0 bridgehead atoms. The molecule has 4 nitrogen and oxygen atoms in total. The SMILES string of the molecule is CC=CC(O)c1cc(S(=O)(=O)O)ccc1C. The van der Waals surface area contributed by atoms with Crippen molar-refractivity contribution in [3.8, 4) is 0 Å². The second kappa shape index (κ2) is 4.78. The number of benzene rings is 1. The van der Waals surface area contributed by atoms with E-state index in [1.807, 2.05) is 0 Å². The van der Waals surface area contributed by atoms with E-state index in [1.54, 1.807) is 26.0 Å². The van der Waals surface area contributed by atoms with Crippen LogP contribution in [0.1, 0.15) is 24.2 Å². The van der Waals surface area contributed by atoms with Crippen LogP contribution < -0.4 is 0 Å². The quantitative estimate of drug-likeness (QED) is 0.626. The van der Waals surface area contributed by atoms with Gasteiger partial charge in [0.05, 0.1) is 11.0 Å². The molecular weight excluding hydrogens is 228 g/mol. The van der Waals surface area contributed by atoms with Gasteiger partial charge in [-0.2, -0.15) is 8.42 Å². The lowest BCUT2D eigenvalue weighted by Crippen LogP contribution is -2.02. The van der Waals surface area contributed by atoms with Crippen molar-refractivity contribution in [1.29, 1.82) is 0 Å². The van der Waals surface area contributed by atoms with Crippen molar-refractivity contribution in [3.63, 3.8) is 0 Å². The first kappa shape index (κ1) is 12.9.